The predicted octanol–water partition coefficient (Wildman–Crippen LogP) is 13.3. The number of hydrogen-bond donors (Lipinski definition) is 0. The van der Waals surface area contributed by atoms with Crippen LogP contribution in [-0.4, -0.2) is 0 Å². The van der Waals surface area contributed by atoms with Crippen molar-refractivity contribution < 1.29 is 4.42 Å². The topological polar surface area (TPSA) is 16.4 Å². The minimum atomic E-state index is -0.0890. The van der Waals surface area contributed by atoms with Gasteiger partial charge in [0, 0.05) is 38.5 Å². The van der Waals surface area contributed by atoms with Crippen LogP contribution in [0.2, 0.25) is 0 Å². The molecule has 240 valence electrons. The van der Waals surface area contributed by atoms with Gasteiger partial charge in [0.05, 0.1) is 5.69 Å². The fraction of sp³-hybridized carbons (Fsp3) is 0.125. The summed E-state index contributed by atoms with van der Waals surface area (Å²) in [5.74, 6) is 0. The molecule has 1 aromatic heterocycles. The third-order valence-electron chi connectivity index (χ3n) is 11.5. The molecule has 0 unspecified atom stereocenters. The highest BCUT2D eigenvalue weighted by molar-refractivity contribution is 6.06. The lowest BCUT2D eigenvalue weighted by Gasteiger charge is -2.30. The molecule has 0 radical (unpaired) electrons. The summed E-state index contributed by atoms with van der Waals surface area (Å²) in [6.45, 7) is 9.41. The molecular weight excluding hydrogens is 607 g/mol. The Morgan fingerprint density at radius 2 is 1.02 bits per heavy atom. The van der Waals surface area contributed by atoms with Crippen molar-refractivity contribution in [1.82, 2.24) is 0 Å². The molecule has 1 heterocycles. The van der Waals surface area contributed by atoms with Crippen molar-refractivity contribution in [3.63, 3.8) is 0 Å². The van der Waals surface area contributed by atoms with Gasteiger partial charge in [0.15, 0.2) is 0 Å². The van der Waals surface area contributed by atoms with Gasteiger partial charge in [-0.3, -0.25) is 0 Å². The van der Waals surface area contributed by atoms with Gasteiger partial charge in [-0.2, -0.15) is 0 Å². The van der Waals surface area contributed by atoms with E-state index in [2.05, 4.69) is 172 Å². The summed E-state index contributed by atoms with van der Waals surface area (Å²) in [6, 6.07) is 55.7. The second-order valence-corrected chi connectivity index (χ2v) is 15.0. The summed E-state index contributed by atoms with van der Waals surface area (Å²) in [7, 11) is 0. The third kappa shape index (κ3) is 4.02. The smallest absolute Gasteiger partial charge is 0.135 e. The van der Waals surface area contributed by atoms with Gasteiger partial charge < -0.3 is 9.32 Å². The van der Waals surface area contributed by atoms with Crippen LogP contribution in [0.25, 0.3) is 55.3 Å². The van der Waals surface area contributed by atoms with Gasteiger partial charge >= 0.3 is 0 Å². The van der Waals surface area contributed by atoms with E-state index in [4.69, 9.17) is 4.42 Å². The first-order valence-electron chi connectivity index (χ1n) is 17.6. The zero-order valence-electron chi connectivity index (χ0n) is 28.8. The van der Waals surface area contributed by atoms with Gasteiger partial charge in [-0.25, -0.2) is 0 Å². The van der Waals surface area contributed by atoms with Gasteiger partial charge in [0.25, 0.3) is 0 Å². The molecule has 10 rings (SSSR count). The molecule has 0 bridgehead atoms. The molecule has 2 aliphatic carbocycles. The monoisotopic (exact) mass is 643 g/mol. The predicted molar refractivity (Wildman–Crippen MR) is 209 cm³/mol. The molecule has 2 nitrogen and oxygen atoms in total. The molecule has 7 aromatic carbocycles. The zero-order chi connectivity index (χ0) is 33.8. The molecule has 0 saturated carbocycles. The minimum absolute atomic E-state index is 0.0463. The van der Waals surface area contributed by atoms with E-state index in [0.717, 1.165) is 33.3 Å². The molecule has 2 heteroatoms. The Bertz CT molecular complexity index is 2650. The molecule has 0 saturated heterocycles. The average molecular weight is 644 g/mol. The Hall–Kier alpha value is -5.86. The maximum absolute atomic E-state index is 6.13. The van der Waals surface area contributed by atoms with E-state index in [1.54, 1.807) is 0 Å². The average Bonchev–Trinajstić information content (AvgIpc) is 3.72. The van der Waals surface area contributed by atoms with Crippen molar-refractivity contribution in [3.8, 4) is 33.4 Å². The highest BCUT2D eigenvalue weighted by Crippen LogP contribution is 2.55. The van der Waals surface area contributed by atoms with Gasteiger partial charge in [-0.1, -0.05) is 131 Å². The van der Waals surface area contributed by atoms with Crippen LogP contribution in [0.1, 0.15) is 49.9 Å². The van der Waals surface area contributed by atoms with Crippen molar-refractivity contribution in [3.05, 3.63) is 174 Å². The third-order valence-corrected chi connectivity index (χ3v) is 11.5. The highest BCUT2D eigenvalue weighted by Gasteiger charge is 2.39. The van der Waals surface area contributed by atoms with E-state index in [9.17, 15) is 0 Å². The summed E-state index contributed by atoms with van der Waals surface area (Å²) in [6.07, 6.45) is 0. The molecule has 8 aromatic rings. The number of nitrogens with zero attached hydrogens (tertiary/aromatic N) is 1. The number of furan rings is 1. The van der Waals surface area contributed by atoms with Crippen LogP contribution in [0.3, 0.4) is 0 Å². The van der Waals surface area contributed by atoms with Crippen molar-refractivity contribution in [1.29, 1.82) is 0 Å². The summed E-state index contributed by atoms with van der Waals surface area (Å²) in [5.41, 5.74) is 18.3. The first-order chi connectivity index (χ1) is 24.3. The van der Waals surface area contributed by atoms with Crippen LogP contribution in [0, 0.1) is 0 Å². The highest BCUT2D eigenvalue weighted by atomic mass is 16.3. The minimum Gasteiger partial charge on any atom is -0.456 e. The summed E-state index contributed by atoms with van der Waals surface area (Å²) >= 11 is 0. The molecule has 2 aliphatic rings. The number of rotatable bonds is 4. The lowest BCUT2D eigenvalue weighted by molar-refractivity contribution is 0.660. The Kier molecular flexibility index (Phi) is 6.01. The maximum atomic E-state index is 6.13. The van der Waals surface area contributed by atoms with E-state index in [1.807, 2.05) is 12.1 Å². The van der Waals surface area contributed by atoms with Crippen molar-refractivity contribution in [2.75, 3.05) is 4.90 Å². The Morgan fingerprint density at radius 1 is 0.420 bits per heavy atom. The van der Waals surface area contributed by atoms with E-state index in [0.29, 0.717) is 0 Å². The van der Waals surface area contributed by atoms with Gasteiger partial charge in [-0.05, 0) is 98.6 Å². The fourth-order valence-corrected chi connectivity index (χ4v) is 8.90. The first-order valence-corrected chi connectivity index (χ1v) is 17.6. The molecular formula is C48H37NO. The van der Waals surface area contributed by atoms with Crippen LogP contribution in [0.5, 0.6) is 0 Å². The van der Waals surface area contributed by atoms with E-state index >= 15 is 0 Å². The Balaban J connectivity index is 1.16. The molecule has 0 amide bonds. The number of benzene rings is 7. The summed E-state index contributed by atoms with van der Waals surface area (Å²) in [4.78, 5) is 2.47. The largest absolute Gasteiger partial charge is 0.456 e. The van der Waals surface area contributed by atoms with Crippen LogP contribution < -0.4 is 4.90 Å². The molecule has 0 fully saturated rings. The molecule has 50 heavy (non-hydrogen) atoms. The van der Waals surface area contributed by atoms with Gasteiger partial charge in [-0.15, -0.1) is 0 Å². The van der Waals surface area contributed by atoms with Crippen LogP contribution in [0.4, 0.5) is 17.1 Å². The Morgan fingerprint density at radius 3 is 1.84 bits per heavy atom. The second-order valence-electron chi connectivity index (χ2n) is 15.0. The van der Waals surface area contributed by atoms with Crippen LogP contribution >= 0.6 is 0 Å². The molecule has 0 N–H and O–H groups in total. The number of hydrogen-bond acceptors (Lipinski definition) is 2. The zero-order valence-corrected chi connectivity index (χ0v) is 28.8. The summed E-state index contributed by atoms with van der Waals surface area (Å²) in [5, 5.41) is 2.29. The second kappa shape index (κ2) is 10.3. The van der Waals surface area contributed by atoms with Crippen molar-refractivity contribution in [2.45, 2.75) is 38.5 Å². The lowest BCUT2D eigenvalue weighted by Crippen LogP contribution is -2.16. The standard InChI is InChI=1S/C48H37NO/c1-47(2)39-15-8-5-12-34(39)37-29-33(25-26-41(37)47)49(43-18-11-17-42-46(43)36-14-6-9-16-40(36)48(42,3)4)32-23-20-30(21-24-32)31-22-27-45-38(28-31)35-13-7-10-19-44(35)50-45/h5-29H,1-4H3. The quantitative estimate of drug-likeness (QED) is 0.190. The first kappa shape index (κ1) is 29.1. The van der Waals surface area contributed by atoms with Crippen molar-refractivity contribution >= 4 is 39.0 Å². The van der Waals surface area contributed by atoms with E-state index < -0.39 is 0 Å². The van der Waals surface area contributed by atoms with Crippen molar-refractivity contribution in [2.24, 2.45) is 0 Å². The lowest BCUT2D eigenvalue weighted by atomic mass is 9.82. The van der Waals surface area contributed by atoms with Gasteiger partial charge in [0.1, 0.15) is 11.2 Å². The van der Waals surface area contributed by atoms with Crippen LogP contribution in [0.15, 0.2) is 156 Å². The number of anilines is 3. The number of fused-ring (bicyclic) bond motifs is 9. The van der Waals surface area contributed by atoms with Gasteiger partial charge in [0.2, 0.25) is 0 Å². The van der Waals surface area contributed by atoms with E-state index in [-0.39, 0.29) is 10.8 Å². The molecule has 0 aliphatic heterocycles. The Labute approximate surface area is 293 Å². The number of para-hydroxylation sites is 1. The fourth-order valence-electron chi connectivity index (χ4n) is 8.90. The van der Waals surface area contributed by atoms with Crippen LogP contribution in [-0.2, 0) is 10.8 Å². The maximum Gasteiger partial charge on any atom is 0.135 e. The molecule has 0 spiro atoms. The normalized spacial score (nSPS) is 14.7. The summed E-state index contributed by atoms with van der Waals surface area (Å²) < 4.78 is 6.13. The van der Waals surface area contributed by atoms with E-state index in [1.165, 1.54) is 61.3 Å². The molecule has 0 atom stereocenters. The SMILES string of the molecule is CC1(C)c2ccccc2-c2cc(N(c3ccc(-c4ccc5oc6ccccc6c5c4)cc3)c3cccc4c3-c3ccccc3C4(C)C)ccc21.